The molecule has 0 amide bonds. The van der Waals surface area contributed by atoms with Gasteiger partial charge in [-0.3, -0.25) is 14.8 Å². The second kappa shape index (κ2) is 8.25. The van der Waals surface area contributed by atoms with Crippen molar-refractivity contribution in [2.24, 2.45) is 0 Å². The summed E-state index contributed by atoms with van der Waals surface area (Å²) in [5.41, 5.74) is 5.29. The summed E-state index contributed by atoms with van der Waals surface area (Å²) in [6, 6.07) is 8.16. The molecule has 180 valence electrons. The predicted octanol–water partition coefficient (Wildman–Crippen LogP) is 4.85. The minimum atomic E-state index is -0.219. The van der Waals surface area contributed by atoms with Crippen molar-refractivity contribution in [1.29, 1.82) is 0 Å². The van der Waals surface area contributed by atoms with Gasteiger partial charge in [-0.1, -0.05) is 0 Å². The average molecular weight is 497 g/mol. The van der Waals surface area contributed by atoms with E-state index in [1.807, 2.05) is 44.4 Å². The summed E-state index contributed by atoms with van der Waals surface area (Å²) in [7, 11) is 0. The van der Waals surface area contributed by atoms with Gasteiger partial charge in [0.15, 0.2) is 16.9 Å². The number of fused-ring (bicyclic) bond motifs is 2. The maximum absolute atomic E-state index is 13.7. The van der Waals surface area contributed by atoms with Crippen molar-refractivity contribution in [3.8, 4) is 16.3 Å². The minimum Gasteiger partial charge on any atom is -0.381 e. The number of aromatic nitrogens is 6. The highest BCUT2D eigenvalue weighted by Crippen LogP contribution is 2.39. The van der Waals surface area contributed by atoms with Crippen molar-refractivity contribution in [3.63, 3.8) is 0 Å². The van der Waals surface area contributed by atoms with E-state index >= 15 is 0 Å². The Kier molecular flexibility index (Phi) is 4.97. The lowest BCUT2D eigenvalue weighted by molar-refractivity contribution is 0.193. The van der Waals surface area contributed by atoms with Crippen LogP contribution >= 0.6 is 11.3 Å². The quantitative estimate of drug-likeness (QED) is 0.351. The molecule has 0 radical (unpaired) electrons. The number of hydrogen-bond donors (Lipinski definition) is 0. The molecule has 7 rings (SSSR count). The van der Waals surface area contributed by atoms with Gasteiger partial charge in [0, 0.05) is 46.1 Å². The molecule has 0 bridgehead atoms. The van der Waals surface area contributed by atoms with Crippen LogP contribution in [-0.4, -0.2) is 42.9 Å². The molecule has 9 heteroatoms. The van der Waals surface area contributed by atoms with E-state index in [2.05, 4.69) is 21.0 Å². The fourth-order valence-electron chi connectivity index (χ4n) is 4.74. The number of rotatable bonds is 4. The lowest BCUT2D eigenvalue weighted by Crippen LogP contribution is -2.18. The molecule has 0 aromatic carbocycles. The Labute approximate surface area is 211 Å². The van der Waals surface area contributed by atoms with Crippen LogP contribution in [0, 0.1) is 13.8 Å². The van der Waals surface area contributed by atoms with E-state index in [9.17, 15) is 4.79 Å². The van der Waals surface area contributed by atoms with Crippen LogP contribution in [0.1, 0.15) is 53.9 Å². The second-order valence-electron chi connectivity index (χ2n) is 9.69. The Morgan fingerprint density at radius 1 is 0.972 bits per heavy atom. The van der Waals surface area contributed by atoms with Gasteiger partial charge in [-0.2, -0.15) is 5.10 Å². The monoisotopic (exact) mass is 496 g/mol. The van der Waals surface area contributed by atoms with Gasteiger partial charge < -0.3 is 4.74 Å². The lowest BCUT2D eigenvalue weighted by atomic mass is 10.0. The Hall–Kier alpha value is -3.56. The summed E-state index contributed by atoms with van der Waals surface area (Å²) in [5.74, 6) is 0.884. The van der Waals surface area contributed by atoms with E-state index in [1.54, 1.807) is 16.0 Å². The Morgan fingerprint density at radius 3 is 2.56 bits per heavy atom. The topological polar surface area (TPSA) is 95.7 Å². The molecule has 1 aliphatic heterocycles. The van der Waals surface area contributed by atoms with Gasteiger partial charge in [-0.15, -0.1) is 11.3 Å². The van der Waals surface area contributed by atoms with E-state index < -0.39 is 0 Å². The van der Waals surface area contributed by atoms with Crippen LogP contribution in [0.4, 0.5) is 0 Å². The van der Waals surface area contributed by atoms with Gasteiger partial charge in [0.05, 0.1) is 34.8 Å². The van der Waals surface area contributed by atoms with Crippen molar-refractivity contribution in [2.75, 3.05) is 13.2 Å². The first-order valence-electron chi connectivity index (χ1n) is 12.3. The molecule has 5 aromatic heterocycles. The van der Waals surface area contributed by atoms with Gasteiger partial charge in [-0.05, 0) is 57.4 Å². The summed E-state index contributed by atoms with van der Waals surface area (Å²) < 4.78 is 8.33. The van der Waals surface area contributed by atoms with Gasteiger partial charge in [0.2, 0.25) is 5.43 Å². The zero-order valence-electron chi connectivity index (χ0n) is 20.1. The zero-order valence-corrected chi connectivity index (χ0v) is 20.9. The number of aryl methyl sites for hydroxylation is 2. The molecule has 0 spiro atoms. The summed E-state index contributed by atoms with van der Waals surface area (Å²) in [6.45, 7) is 5.25. The number of pyridine rings is 2. The molecule has 8 nitrogen and oxygen atoms in total. The highest BCUT2D eigenvalue weighted by atomic mass is 32.1. The molecular weight excluding hydrogens is 472 g/mol. The number of nitrogens with zero attached hydrogens (tertiary/aromatic N) is 6. The standard InChI is InChI=1S/C27H24N6O2S/c1-14-15(2)31-27-25(30-14)26(34)24(32-33(27)19-5-6-20(29-12-19)16-3-4-16)23-9-18-11-28-21(10-22(18)36-23)17-7-8-35-13-17/h5-6,9-12,16-17H,3-4,7-8,13H2,1-2H3/t17-/m1/s1. The maximum atomic E-state index is 13.7. The normalized spacial score (nSPS) is 17.9. The van der Waals surface area contributed by atoms with E-state index in [-0.39, 0.29) is 5.43 Å². The molecule has 1 atom stereocenters. The lowest BCUT2D eigenvalue weighted by Gasteiger charge is -2.12. The number of ether oxygens (including phenoxy) is 1. The fraction of sp³-hybridized carbons (Fsp3) is 0.333. The number of hydrogen-bond acceptors (Lipinski definition) is 8. The predicted molar refractivity (Wildman–Crippen MR) is 139 cm³/mol. The second-order valence-corrected chi connectivity index (χ2v) is 10.8. The molecule has 2 fully saturated rings. The van der Waals surface area contributed by atoms with Gasteiger partial charge >= 0.3 is 0 Å². The molecular formula is C27H24N6O2S. The summed E-state index contributed by atoms with van der Waals surface area (Å²) >= 11 is 1.55. The highest BCUT2D eigenvalue weighted by molar-refractivity contribution is 7.22. The van der Waals surface area contributed by atoms with Crippen LogP contribution in [0.5, 0.6) is 0 Å². The molecule has 2 aliphatic rings. The number of thiophene rings is 1. The third-order valence-corrected chi connectivity index (χ3v) is 8.24. The van der Waals surface area contributed by atoms with Crippen LogP contribution in [-0.2, 0) is 4.74 Å². The van der Waals surface area contributed by atoms with Crippen LogP contribution in [0.25, 0.3) is 37.5 Å². The average Bonchev–Trinajstić information content (AvgIpc) is 3.42. The zero-order chi connectivity index (χ0) is 24.4. The highest BCUT2D eigenvalue weighted by Gasteiger charge is 2.25. The molecule has 0 N–H and O–H groups in total. The van der Waals surface area contributed by atoms with Gasteiger partial charge in [-0.25, -0.2) is 14.6 Å². The molecule has 36 heavy (non-hydrogen) atoms. The largest absolute Gasteiger partial charge is 0.381 e. The first-order chi connectivity index (χ1) is 17.5. The van der Waals surface area contributed by atoms with E-state index in [1.165, 1.54) is 12.8 Å². The Bertz CT molecular complexity index is 1700. The van der Waals surface area contributed by atoms with Crippen molar-refractivity contribution < 1.29 is 4.74 Å². The maximum Gasteiger partial charge on any atom is 0.236 e. The fourth-order valence-corrected chi connectivity index (χ4v) is 5.80. The molecule has 6 heterocycles. The van der Waals surface area contributed by atoms with Gasteiger partial charge in [0.1, 0.15) is 0 Å². The van der Waals surface area contributed by atoms with Crippen molar-refractivity contribution in [1.82, 2.24) is 29.7 Å². The summed E-state index contributed by atoms with van der Waals surface area (Å²) in [4.78, 5) is 33.1. The molecule has 1 aliphatic carbocycles. The Balaban J connectivity index is 1.41. The summed E-state index contributed by atoms with van der Waals surface area (Å²) in [5, 5.41) is 5.82. The van der Waals surface area contributed by atoms with Crippen LogP contribution in [0.2, 0.25) is 0 Å². The van der Waals surface area contributed by atoms with E-state index in [0.29, 0.717) is 35.3 Å². The minimum absolute atomic E-state index is 0.219. The van der Waals surface area contributed by atoms with Gasteiger partial charge in [0.25, 0.3) is 0 Å². The first-order valence-corrected chi connectivity index (χ1v) is 13.1. The Morgan fingerprint density at radius 2 is 1.81 bits per heavy atom. The van der Waals surface area contributed by atoms with E-state index in [4.69, 9.17) is 14.8 Å². The molecule has 0 unspecified atom stereocenters. The van der Waals surface area contributed by atoms with Crippen molar-refractivity contribution in [3.05, 3.63) is 69.7 Å². The van der Waals surface area contributed by atoms with Crippen molar-refractivity contribution in [2.45, 2.75) is 44.9 Å². The smallest absolute Gasteiger partial charge is 0.236 e. The van der Waals surface area contributed by atoms with Crippen LogP contribution in [0.15, 0.2) is 41.5 Å². The SMILES string of the molecule is Cc1nc2c(=O)c(-c3cc4cnc([C@@H]5CCOC5)cc4s3)nn(-c3ccc(C4CC4)nc3)c2nc1C. The first kappa shape index (κ1) is 21.7. The summed E-state index contributed by atoms with van der Waals surface area (Å²) in [6.07, 6.45) is 7.07. The van der Waals surface area contributed by atoms with E-state index in [0.717, 1.165) is 56.5 Å². The molecule has 1 saturated heterocycles. The van der Waals surface area contributed by atoms with Crippen LogP contribution in [0.3, 0.4) is 0 Å². The third kappa shape index (κ3) is 3.61. The molecule has 5 aromatic rings. The van der Waals surface area contributed by atoms with Crippen LogP contribution < -0.4 is 5.43 Å². The molecule has 1 saturated carbocycles. The third-order valence-electron chi connectivity index (χ3n) is 7.13. The van der Waals surface area contributed by atoms with Crippen molar-refractivity contribution >= 4 is 32.6 Å².